The minimum Gasteiger partial charge on any atom is -0.314 e. The predicted octanol–water partition coefficient (Wildman–Crippen LogP) is 3.21. The third-order valence-electron chi connectivity index (χ3n) is 3.94. The summed E-state index contributed by atoms with van der Waals surface area (Å²) in [5, 5.41) is 3.58. The van der Waals surface area contributed by atoms with Gasteiger partial charge in [-0.1, -0.05) is 43.7 Å². The molecule has 1 aliphatic rings. The third-order valence-corrected chi connectivity index (χ3v) is 3.94. The summed E-state index contributed by atoms with van der Waals surface area (Å²) in [6.45, 7) is 11.4. The molecule has 106 valence electrons. The fraction of sp³-hybridized carbons (Fsp3) is 0.647. The maximum absolute atomic E-state index is 3.58. The van der Waals surface area contributed by atoms with Crippen LogP contribution >= 0.6 is 0 Å². The fourth-order valence-electron chi connectivity index (χ4n) is 2.82. The summed E-state index contributed by atoms with van der Waals surface area (Å²) in [5.74, 6) is 0.821. The molecule has 2 rings (SSSR count). The molecule has 0 amide bonds. The molecule has 1 atom stereocenters. The quantitative estimate of drug-likeness (QED) is 0.874. The van der Waals surface area contributed by atoms with Gasteiger partial charge in [0.1, 0.15) is 0 Å². The number of likely N-dealkylation sites (tertiary alicyclic amines) is 1. The standard InChI is InChI=1S/C17H28N2/c1-14(2)18-11-17-5-4-10-19(13-17)12-16-8-6-15(3)7-9-16/h6-9,14,17-18H,4-5,10-13H2,1-3H3. The first kappa shape index (κ1) is 14.5. The molecule has 1 heterocycles. The van der Waals surface area contributed by atoms with Crippen LogP contribution in [-0.4, -0.2) is 30.6 Å². The lowest BCUT2D eigenvalue weighted by Gasteiger charge is -2.33. The molecule has 1 fully saturated rings. The first-order chi connectivity index (χ1) is 9.13. The number of piperidine rings is 1. The highest BCUT2D eigenvalue weighted by Gasteiger charge is 2.19. The molecule has 2 heteroatoms. The summed E-state index contributed by atoms with van der Waals surface area (Å²) >= 11 is 0. The maximum Gasteiger partial charge on any atom is 0.0233 e. The van der Waals surface area contributed by atoms with Gasteiger partial charge in [0.05, 0.1) is 0 Å². The van der Waals surface area contributed by atoms with E-state index in [9.17, 15) is 0 Å². The van der Waals surface area contributed by atoms with Crippen molar-refractivity contribution in [2.24, 2.45) is 5.92 Å². The van der Waals surface area contributed by atoms with Gasteiger partial charge in [0, 0.05) is 19.1 Å². The molecule has 1 unspecified atom stereocenters. The van der Waals surface area contributed by atoms with Gasteiger partial charge in [-0.05, 0) is 44.3 Å². The first-order valence-corrected chi connectivity index (χ1v) is 7.65. The van der Waals surface area contributed by atoms with Crippen molar-refractivity contribution < 1.29 is 0 Å². The van der Waals surface area contributed by atoms with Crippen molar-refractivity contribution in [2.75, 3.05) is 19.6 Å². The van der Waals surface area contributed by atoms with E-state index in [4.69, 9.17) is 0 Å². The van der Waals surface area contributed by atoms with Crippen molar-refractivity contribution in [1.82, 2.24) is 10.2 Å². The van der Waals surface area contributed by atoms with Gasteiger partial charge in [0.2, 0.25) is 0 Å². The number of hydrogen-bond acceptors (Lipinski definition) is 2. The zero-order valence-electron chi connectivity index (χ0n) is 12.7. The van der Waals surface area contributed by atoms with Crippen LogP contribution in [0.15, 0.2) is 24.3 Å². The van der Waals surface area contributed by atoms with Gasteiger partial charge in [0.25, 0.3) is 0 Å². The minimum absolute atomic E-state index is 0.604. The predicted molar refractivity (Wildman–Crippen MR) is 82.3 cm³/mol. The van der Waals surface area contributed by atoms with E-state index in [1.807, 2.05) is 0 Å². The molecule has 1 aliphatic heterocycles. The number of nitrogens with one attached hydrogen (secondary N) is 1. The van der Waals surface area contributed by atoms with Crippen molar-refractivity contribution in [3.8, 4) is 0 Å². The Kier molecular flexibility index (Phi) is 5.41. The molecule has 0 aliphatic carbocycles. The number of rotatable bonds is 5. The Morgan fingerprint density at radius 3 is 2.68 bits per heavy atom. The van der Waals surface area contributed by atoms with E-state index in [0.29, 0.717) is 6.04 Å². The molecular weight excluding hydrogens is 232 g/mol. The summed E-state index contributed by atoms with van der Waals surface area (Å²) in [6, 6.07) is 9.58. The van der Waals surface area contributed by atoms with E-state index >= 15 is 0 Å². The Labute approximate surface area is 118 Å². The Balaban J connectivity index is 1.82. The zero-order chi connectivity index (χ0) is 13.7. The molecule has 0 radical (unpaired) electrons. The number of hydrogen-bond donors (Lipinski definition) is 1. The van der Waals surface area contributed by atoms with Crippen LogP contribution in [0.1, 0.15) is 37.8 Å². The first-order valence-electron chi connectivity index (χ1n) is 7.65. The Hall–Kier alpha value is -0.860. The van der Waals surface area contributed by atoms with Gasteiger partial charge in [0.15, 0.2) is 0 Å². The van der Waals surface area contributed by atoms with E-state index < -0.39 is 0 Å². The molecule has 2 nitrogen and oxygen atoms in total. The van der Waals surface area contributed by atoms with Crippen LogP contribution in [0.3, 0.4) is 0 Å². The SMILES string of the molecule is Cc1ccc(CN2CCCC(CNC(C)C)C2)cc1. The van der Waals surface area contributed by atoms with Crippen molar-refractivity contribution in [3.63, 3.8) is 0 Å². The van der Waals surface area contributed by atoms with Crippen LogP contribution in [-0.2, 0) is 6.54 Å². The Morgan fingerprint density at radius 2 is 2.00 bits per heavy atom. The van der Waals surface area contributed by atoms with Gasteiger partial charge in [-0.15, -0.1) is 0 Å². The Bertz CT molecular complexity index is 369. The highest BCUT2D eigenvalue weighted by Crippen LogP contribution is 2.18. The van der Waals surface area contributed by atoms with E-state index in [2.05, 4.69) is 55.3 Å². The lowest BCUT2D eigenvalue weighted by molar-refractivity contribution is 0.164. The molecule has 0 bridgehead atoms. The summed E-state index contributed by atoms with van der Waals surface area (Å²) in [4.78, 5) is 2.61. The molecule has 19 heavy (non-hydrogen) atoms. The van der Waals surface area contributed by atoms with Crippen LogP contribution in [0.5, 0.6) is 0 Å². The normalized spacial score (nSPS) is 20.9. The Morgan fingerprint density at radius 1 is 1.26 bits per heavy atom. The van der Waals surface area contributed by atoms with Crippen LogP contribution in [0.25, 0.3) is 0 Å². The van der Waals surface area contributed by atoms with E-state index in [1.54, 1.807) is 0 Å². The summed E-state index contributed by atoms with van der Waals surface area (Å²) < 4.78 is 0. The molecule has 1 N–H and O–H groups in total. The van der Waals surface area contributed by atoms with Crippen LogP contribution in [0.2, 0.25) is 0 Å². The molecule has 1 aromatic carbocycles. The maximum atomic E-state index is 3.58. The van der Waals surface area contributed by atoms with Gasteiger partial charge in [-0.3, -0.25) is 4.90 Å². The second kappa shape index (κ2) is 7.06. The van der Waals surface area contributed by atoms with Crippen LogP contribution in [0.4, 0.5) is 0 Å². The monoisotopic (exact) mass is 260 g/mol. The molecule has 1 aromatic rings. The van der Waals surface area contributed by atoms with Gasteiger partial charge >= 0.3 is 0 Å². The van der Waals surface area contributed by atoms with Gasteiger partial charge < -0.3 is 5.32 Å². The second-order valence-electron chi connectivity index (χ2n) is 6.29. The van der Waals surface area contributed by atoms with Crippen molar-refractivity contribution in [3.05, 3.63) is 35.4 Å². The molecular formula is C17H28N2. The molecule has 0 saturated carbocycles. The zero-order valence-corrected chi connectivity index (χ0v) is 12.7. The van der Waals surface area contributed by atoms with E-state index in [-0.39, 0.29) is 0 Å². The topological polar surface area (TPSA) is 15.3 Å². The van der Waals surface area contributed by atoms with Crippen LogP contribution < -0.4 is 5.32 Å². The molecule has 0 spiro atoms. The fourth-order valence-corrected chi connectivity index (χ4v) is 2.82. The lowest BCUT2D eigenvalue weighted by Crippen LogP contribution is -2.40. The highest BCUT2D eigenvalue weighted by molar-refractivity contribution is 5.21. The number of nitrogens with zero attached hydrogens (tertiary/aromatic N) is 1. The average molecular weight is 260 g/mol. The minimum atomic E-state index is 0.604. The summed E-state index contributed by atoms with van der Waals surface area (Å²) in [5.41, 5.74) is 2.80. The van der Waals surface area contributed by atoms with E-state index in [0.717, 1.165) is 12.5 Å². The summed E-state index contributed by atoms with van der Waals surface area (Å²) in [6.07, 6.45) is 2.72. The van der Waals surface area contributed by atoms with Crippen molar-refractivity contribution >= 4 is 0 Å². The second-order valence-corrected chi connectivity index (χ2v) is 6.29. The van der Waals surface area contributed by atoms with Gasteiger partial charge in [-0.25, -0.2) is 0 Å². The van der Waals surface area contributed by atoms with Crippen LogP contribution in [0, 0.1) is 12.8 Å². The van der Waals surface area contributed by atoms with Crippen molar-refractivity contribution in [1.29, 1.82) is 0 Å². The number of aryl methyl sites for hydroxylation is 1. The third kappa shape index (κ3) is 4.96. The molecule has 0 aromatic heterocycles. The smallest absolute Gasteiger partial charge is 0.0233 e. The van der Waals surface area contributed by atoms with E-state index in [1.165, 1.54) is 43.6 Å². The van der Waals surface area contributed by atoms with Crippen molar-refractivity contribution in [2.45, 2.75) is 46.2 Å². The average Bonchev–Trinajstić information content (AvgIpc) is 2.40. The largest absolute Gasteiger partial charge is 0.314 e. The summed E-state index contributed by atoms with van der Waals surface area (Å²) in [7, 11) is 0. The molecule has 1 saturated heterocycles. The van der Waals surface area contributed by atoms with Gasteiger partial charge in [-0.2, -0.15) is 0 Å². The lowest BCUT2D eigenvalue weighted by atomic mass is 9.97. The highest BCUT2D eigenvalue weighted by atomic mass is 15.1. The number of benzene rings is 1.